The van der Waals surface area contributed by atoms with Gasteiger partial charge in [-0.3, -0.25) is 0 Å². The summed E-state index contributed by atoms with van der Waals surface area (Å²) in [5.41, 5.74) is 3.74. The molecule has 0 aliphatic rings. The van der Waals surface area contributed by atoms with E-state index < -0.39 is 31.8 Å². The number of rotatable bonds is 6. The largest absolute Gasteiger partial charge is 0.396 e. The van der Waals surface area contributed by atoms with Gasteiger partial charge in [0.15, 0.2) is 0 Å². The van der Waals surface area contributed by atoms with E-state index in [-0.39, 0.29) is 0 Å². The second-order valence-corrected chi connectivity index (χ2v) is 3.32. The van der Waals surface area contributed by atoms with Gasteiger partial charge in [-0.25, -0.2) is 0 Å². The van der Waals surface area contributed by atoms with Gasteiger partial charge in [0.25, 0.3) is 0 Å². The topological polar surface area (TPSA) is 116 Å². The van der Waals surface area contributed by atoms with Crippen molar-refractivity contribution in [2.45, 2.75) is 20.8 Å². The van der Waals surface area contributed by atoms with Crippen LogP contribution < -0.4 is 5.73 Å². The Bertz CT molecular complexity index is 101. The first-order valence-electron chi connectivity index (χ1n) is 5.79. The molecule has 0 amide bonds. The Hall–Kier alpha value is -0.240. The van der Waals surface area contributed by atoms with E-state index in [2.05, 4.69) is 0 Å². The summed E-state index contributed by atoms with van der Waals surface area (Å²) in [6.45, 7) is 6.69. The van der Waals surface area contributed by atoms with Crippen molar-refractivity contribution in [2.24, 2.45) is 11.1 Å². The zero-order valence-electron chi connectivity index (χ0n) is 11.2. The molecule has 0 saturated carbocycles. The summed E-state index contributed by atoms with van der Waals surface area (Å²) in [4.78, 5) is 0. The normalized spacial score (nSPS) is 9.88. The number of hydrogen-bond acceptors (Lipinski definition) is 6. The third-order valence-electron chi connectivity index (χ3n) is 1.75. The lowest BCUT2D eigenvalue weighted by Crippen LogP contribution is -2.37. The average Bonchev–Trinajstić information content (AvgIpc) is 2.36. The molecule has 0 spiro atoms. The molecule has 0 fully saturated rings. The van der Waals surface area contributed by atoms with Crippen LogP contribution >= 0.6 is 0 Å². The second kappa shape index (κ2) is 18.1. The van der Waals surface area contributed by atoms with E-state index in [0.717, 1.165) is 19.8 Å². The molecule has 17 heavy (non-hydrogen) atoms. The lowest BCUT2D eigenvalue weighted by atomic mass is 9.93. The molecular formula is C11H29NO5. The van der Waals surface area contributed by atoms with Gasteiger partial charge in [0.05, 0.1) is 31.8 Å². The van der Waals surface area contributed by atoms with Gasteiger partial charge < -0.3 is 30.9 Å². The van der Waals surface area contributed by atoms with Gasteiger partial charge in [-0.15, -0.1) is 0 Å². The summed E-state index contributed by atoms with van der Waals surface area (Å²) in [5, 5.41) is 34.0. The van der Waals surface area contributed by atoms with Gasteiger partial charge in [-0.05, 0) is 20.4 Å². The standard InChI is InChI=1S/C5H12O4.C4H10O.C2H7N/c6-1-5(2-7,3-8)4-9;1-3-5-4-2;1-2-3/h6-9H,1-4H2;3-4H2,1-2H3;2-3H2,1H3. The van der Waals surface area contributed by atoms with Crippen LogP contribution in [0.5, 0.6) is 0 Å². The highest BCUT2D eigenvalue weighted by Gasteiger charge is 2.26. The first-order chi connectivity index (χ1) is 8.07. The highest BCUT2D eigenvalue weighted by Crippen LogP contribution is 2.11. The molecule has 0 heterocycles. The van der Waals surface area contributed by atoms with E-state index in [9.17, 15) is 0 Å². The highest BCUT2D eigenvalue weighted by molar-refractivity contribution is 4.74. The fourth-order valence-corrected chi connectivity index (χ4v) is 0.504. The van der Waals surface area contributed by atoms with Crippen LogP contribution in [0.15, 0.2) is 0 Å². The lowest BCUT2D eigenvalue weighted by Gasteiger charge is -2.23. The van der Waals surface area contributed by atoms with Gasteiger partial charge in [0.1, 0.15) is 0 Å². The van der Waals surface area contributed by atoms with Crippen molar-refractivity contribution < 1.29 is 25.2 Å². The Morgan fingerprint density at radius 3 is 1.06 bits per heavy atom. The molecular weight excluding hydrogens is 226 g/mol. The molecule has 0 aliphatic heterocycles. The average molecular weight is 255 g/mol. The maximum atomic E-state index is 8.50. The molecule has 0 atom stereocenters. The minimum absolute atomic E-state index is 0.406. The van der Waals surface area contributed by atoms with Crippen molar-refractivity contribution in [3.05, 3.63) is 0 Å². The van der Waals surface area contributed by atoms with E-state index in [4.69, 9.17) is 30.9 Å². The molecule has 0 aromatic carbocycles. The molecule has 0 rings (SSSR count). The molecule has 0 unspecified atom stereocenters. The number of hydrogen-bond donors (Lipinski definition) is 5. The van der Waals surface area contributed by atoms with Gasteiger partial charge >= 0.3 is 0 Å². The first-order valence-corrected chi connectivity index (χ1v) is 5.79. The third kappa shape index (κ3) is 15.8. The summed E-state index contributed by atoms with van der Waals surface area (Å²) in [6.07, 6.45) is 0. The maximum Gasteiger partial charge on any atom is 0.0627 e. The summed E-state index contributed by atoms with van der Waals surface area (Å²) < 4.78 is 4.83. The zero-order chi connectivity index (χ0) is 14.2. The van der Waals surface area contributed by atoms with Crippen molar-refractivity contribution in [3.8, 4) is 0 Å². The number of aliphatic hydroxyl groups is 4. The van der Waals surface area contributed by atoms with Crippen LogP contribution in [0.4, 0.5) is 0 Å². The van der Waals surface area contributed by atoms with E-state index in [1.54, 1.807) is 0 Å². The van der Waals surface area contributed by atoms with Crippen molar-refractivity contribution in [1.29, 1.82) is 0 Å². The molecule has 0 saturated heterocycles. The fourth-order valence-electron chi connectivity index (χ4n) is 0.504. The second-order valence-electron chi connectivity index (χ2n) is 3.32. The number of nitrogens with two attached hydrogens (primary N) is 1. The predicted octanol–water partition coefficient (Wildman–Crippen LogP) is -1.05. The van der Waals surface area contributed by atoms with E-state index >= 15 is 0 Å². The van der Waals surface area contributed by atoms with Crippen molar-refractivity contribution in [3.63, 3.8) is 0 Å². The van der Waals surface area contributed by atoms with Crippen LogP contribution in [0.2, 0.25) is 0 Å². The monoisotopic (exact) mass is 255 g/mol. The van der Waals surface area contributed by atoms with Crippen LogP contribution in [0.1, 0.15) is 20.8 Å². The molecule has 108 valence electrons. The first kappa shape index (κ1) is 22.0. The molecule has 6 N–H and O–H groups in total. The smallest absolute Gasteiger partial charge is 0.0627 e. The van der Waals surface area contributed by atoms with Crippen molar-refractivity contribution in [1.82, 2.24) is 0 Å². The summed E-state index contributed by atoms with van der Waals surface area (Å²) in [5.74, 6) is 0. The SMILES string of the molecule is CCN.CCOCC.OCC(CO)(CO)CO. The molecule has 0 aromatic heterocycles. The van der Waals surface area contributed by atoms with Gasteiger partial charge in [-0.1, -0.05) is 6.92 Å². The number of ether oxygens (including phenoxy) is 1. The fraction of sp³-hybridized carbons (Fsp3) is 1.00. The number of aliphatic hydroxyl groups excluding tert-OH is 4. The molecule has 0 aliphatic carbocycles. The van der Waals surface area contributed by atoms with Gasteiger partial charge in [-0.2, -0.15) is 0 Å². The highest BCUT2D eigenvalue weighted by atomic mass is 16.5. The van der Waals surface area contributed by atoms with Gasteiger partial charge in [0.2, 0.25) is 0 Å². The Morgan fingerprint density at radius 1 is 0.824 bits per heavy atom. The summed E-state index contributed by atoms with van der Waals surface area (Å²) in [6, 6.07) is 0. The Labute approximate surface area is 104 Å². The quantitative estimate of drug-likeness (QED) is 0.413. The third-order valence-corrected chi connectivity index (χ3v) is 1.75. The minimum Gasteiger partial charge on any atom is -0.396 e. The Morgan fingerprint density at radius 2 is 1.06 bits per heavy atom. The van der Waals surface area contributed by atoms with Crippen LogP contribution in [0.3, 0.4) is 0 Å². The van der Waals surface area contributed by atoms with Crippen LogP contribution in [-0.4, -0.2) is 66.6 Å². The van der Waals surface area contributed by atoms with Crippen LogP contribution in [-0.2, 0) is 4.74 Å². The van der Waals surface area contributed by atoms with E-state index in [1.165, 1.54) is 0 Å². The molecule has 6 nitrogen and oxygen atoms in total. The lowest BCUT2D eigenvalue weighted by molar-refractivity contribution is -0.0328. The van der Waals surface area contributed by atoms with E-state index in [1.807, 2.05) is 20.8 Å². The minimum atomic E-state index is -1.11. The maximum absolute atomic E-state index is 8.50. The molecule has 0 radical (unpaired) electrons. The Kier molecular flexibility index (Phi) is 23.5. The molecule has 0 bridgehead atoms. The zero-order valence-corrected chi connectivity index (χ0v) is 11.2. The van der Waals surface area contributed by atoms with Crippen molar-refractivity contribution in [2.75, 3.05) is 46.2 Å². The Balaban J connectivity index is -0.000000207. The predicted molar refractivity (Wildman–Crippen MR) is 67.7 cm³/mol. The van der Waals surface area contributed by atoms with Crippen LogP contribution in [0, 0.1) is 5.41 Å². The van der Waals surface area contributed by atoms with Gasteiger partial charge in [0, 0.05) is 13.2 Å². The van der Waals surface area contributed by atoms with Crippen LogP contribution in [0.25, 0.3) is 0 Å². The van der Waals surface area contributed by atoms with Crippen molar-refractivity contribution >= 4 is 0 Å². The molecule has 6 heteroatoms. The van der Waals surface area contributed by atoms with E-state index in [0.29, 0.717) is 0 Å². The summed E-state index contributed by atoms with van der Waals surface area (Å²) >= 11 is 0. The summed E-state index contributed by atoms with van der Waals surface area (Å²) in [7, 11) is 0. The molecule has 0 aromatic rings.